The normalized spacial score (nSPS) is 22.5. The lowest BCUT2D eigenvalue weighted by Crippen LogP contribution is -2.43. The van der Waals surface area contributed by atoms with E-state index in [0.717, 1.165) is 12.4 Å². The van der Waals surface area contributed by atoms with Crippen LogP contribution in [0.25, 0.3) is 0 Å². The van der Waals surface area contributed by atoms with Gasteiger partial charge in [-0.25, -0.2) is 0 Å². The van der Waals surface area contributed by atoms with Gasteiger partial charge in [0, 0.05) is 20.1 Å². The second kappa shape index (κ2) is 7.00. The minimum Gasteiger partial charge on any atom is -0.368 e. The molecule has 21 heavy (non-hydrogen) atoms. The first kappa shape index (κ1) is 15.9. The van der Waals surface area contributed by atoms with E-state index in [4.69, 9.17) is 11.5 Å². The summed E-state index contributed by atoms with van der Waals surface area (Å²) in [6, 6.07) is 0.504. The lowest BCUT2D eigenvalue weighted by atomic mass is 9.84. The molecule has 0 spiro atoms. The molecular weight excluding hydrogens is 266 g/mol. The topological polar surface area (TPSA) is 97.2 Å². The highest BCUT2D eigenvalue weighted by Gasteiger charge is 2.27. The zero-order valence-electron chi connectivity index (χ0n) is 13.3. The van der Waals surface area contributed by atoms with Crippen molar-refractivity contribution in [2.75, 3.05) is 38.3 Å². The number of nitrogens with zero attached hydrogens (tertiary/aromatic N) is 5. The first-order valence-electron chi connectivity index (χ1n) is 7.59. The molecular formula is C14H27N7. The van der Waals surface area contributed by atoms with Gasteiger partial charge in [0.05, 0.1) is 6.54 Å². The fourth-order valence-electron chi connectivity index (χ4n) is 3.08. The fraction of sp³-hybridized carbons (Fsp3) is 0.786. The molecule has 118 valence electrons. The van der Waals surface area contributed by atoms with E-state index >= 15 is 0 Å². The van der Waals surface area contributed by atoms with Gasteiger partial charge in [-0.15, -0.1) is 0 Å². The van der Waals surface area contributed by atoms with Crippen molar-refractivity contribution in [3.05, 3.63) is 5.82 Å². The monoisotopic (exact) mass is 293 g/mol. The van der Waals surface area contributed by atoms with Crippen molar-refractivity contribution < 1.29 is 0 Å². The predicted octanol–water partition coefficient (Wildman–Crippen LogP) is 0.469. The van der Waals surface area contributed by atoms with Crippen molar-refractivity contribution in [1.29, 1.82) is 0 Å². The van der Waals surface area contributed by atoms with Crippen LogP contribution >= 0.6 is 0 Å². The molecule has 2 unspecified atom stereocenters. The third kappa shape index (κ3) is 4.01. The Morgan fingerprint density at radius 3 is 2.48 bits per heavy atom. The maximum Gasteiger partial charge on any atom is 0.229 e. The first-order chi connectivity index (χ1) is 10.0. The zero-order chi connectivity index (χ0) is 15.4. The molecule has 0 aliphatic heterocycles. The minimum atomic E-state index is 0.274. The van der Waals surface area contributed by atoms with Gasteiger partial charge in [0.25, 0.3) is 0 Å². The van der Waals surface area contributed by atoms with E-state index in [2.05, 4.69) is 26.9 Å². The summed E-state index contributed by atoms with van der Waals surface area (Å²) in [5.41, 5.74) is 11.7. The molecule has 2 atom stereocenters. The minimum absolute atomic E-state index is 0.274. The van der Waals surface area contributed by atoms with E-state index in [1.807, 2.05) is 19.0 Å². The van der Waals surface area contributed by atoms with E-state index in [9.17, 15) is 0 Å². The SMILES string of the molecule is CN(C)c1nc(N)nc(CN(C)C2CCCCC2CN)n1. The summed E-state index contributed by atoms with van der Waals surface area (Å²) in [5, 5.41) is 0. The number of hydrogen-bond acceptors (Lipinski definition) is 7. The van der Waals surface area contributed by atoms with Gasteiger partial charge in [0.1, 0.15) is 5.82 Å². The van der Waals surface area contributed by atoms with Gasteiger partial charge in [0.2, 0.25) is 11.9 Å². The van der Waals surface area contributed by atoms with Crippen molar-refractivity contribution in [2.24, 2.45) is 11.7 Å². The highest BCUT2D eigenvalue weighted by atomic mass is 15.3. The lowest BCUT2D eigenvalue weighted by Gasteiger charge is -2.37. The molecule has 7 heteroatoms. The molecule has 0 aromatic carbocycles. The van der Waals surface area contributed by atoms with Crippen LogP contribution in [-0.4, -0.2) is 53.6 Å². The molecule has 1 aliphatic rings. The van der Waals surface area contributed by atoms with Crippen LogP contribution in [0.2, 0.25) is 0 Å². The Morgan fingerprint density at radius 2 is 1.81 bits per heavy atom. The van der Waals surface area contributed by atoms with E-state index in [1.165, 1.54) is 25.7 Å². The molecule has 1 fully saturated rings. The van der Waals surface area contributed by atoms with E-state index in [-0.39, 0.29) is 5.95 Å². The molecule has 7 nitrogen and oxygen atoms in total. The molecule has 4 N–H and O–H groups in total. The largest absolute Gasteiger partial charge is 0.368 e. The summed E-state index contributed by atoms with van der Waals surface area (Å²) >= 11 is 0. The van der Waals surface area contributed by atoms with Gasteiger partial charge < -0.3 is 16.4 Å². The van der Waals surface area contributed by atoms with Crippen LogP contribution in [0.15, 0.2) is 0 Å². The van der Waals surface area contributed by atoms with Crippen molar-refractivity contribution in [1.82, 2.24) is 19.9 Å². The van der Waals surface area contributed by atoms with Crippen LogP contribution in [0, 0.1) is 5.92 Å². The molecule has 1 aliphatic carbocycles. The molecule has 0 amide bonds. The number of aromatic nitrogens is 3. The Morgan fingerprint density at radius 1 is 1.10 bits per heavy atom. The smallest absolute Gasteiger partial charge is 0.229 e. The van der Waals surface area contributed by atoms with Crippen LogP contribution in [0.3, 0.4) is 0 Å². The van der Waals surface area contributed by atoms with Crippen molar-refractivity contribution in [3.8, 4) is 0 Å². The van der Waals surface area contributed by atoms with Gasteiger partial charge in [0.15, 0.2) is 0 Å². The van der Waals surface area contributed by atoms with E-state index in [0.29, 0.717) is 24.5 Å². The molecule has 1 aromatic heterocycles. The van der Waals surface area contributed by atoms with Gasteiger partial charge in [-0.05, 0) is 32.4 Å². The maximum atomic E-state index is 5.92. The average Bonchev–Trinajstić information content (AvgIpc) is 2.46. The molecule has 1 heterocycles. The quantitative estimate of drug-likeness (QED) is 0.814. The molecule has 0 radical (unpaired) electrons. The Labute approximate surface area is 126 Å². The maximum absolute atomic E-state index is 5.92. The zero-order valence-corrected chi connectivity index (χ0v) is 13.3. The van der Waals surface area contributed by atoms with E-state index in [1.54, 1.807) is 0 Å². The Balaban J connectivity index is 2.09. The molecule has 2 rings (SSSR count). The third-order valence-electron chi connectivity index (χ3n) is 4.22. The predicted molar refractivity (Wildman–Crippen MR) is 84.8 cm³/mol. The summed E-state index contributed by atoms with van der Waals surface area (Å²) in [5.74, 6) is 2.16. The number of rotatable bonds is 5. The highest BCUT2D eigenvalue weighted by Crippen LogP contribution is 2.27. The van der Waals surface area contributed by atoms with Crippen molar-refractivity contribution >= 4 is 11.9 Å². The van der Waals surface area contributed by atoms with Crippen LogP contribution in [-0.2, 0) is 6.54 Å². The van der Waals surface area contributed by atoms with Crippen LogP contribution in [0.1, 0.15) is 31.5 Å². The first-order valence-corrected chi connectivity index (χ1v) is 7.59. The summed E-state index contributed by atoms with van der Waals surface area (Å²) in [4.78, 5) is 17.0. The summed E-state index contributed by atoms with van der Waals surface area (Å²) < 4.78 is 0. The molecule has 0 bridgehead atoms. The Hall–Kier alpha value is -1.47. The van der Waals surface area contributed by atoms with Gasteiger partial charge in [-0.1, -0.05) is 12.8 Å². The highest BCUT2D eigenvalue weighted by molar-refractivity contribution is 5.32. The number of anilines is 2. The number of nitrogens with two attached hydrogens (primary N) is 2. The fourth-order valence-corrected chi connectivity index (χ4v) is 3.08. The second-order valence-electron chi connectivity index (χ2n) is 6.07. The Kier molecular flexibility index (Phi) is 5.30. The van der Waals surface area contributed by atoms with Crippen LogP contribution < -0.4 is 16.4 Å². The average molecular weight is 293 g/mol. The van der Waals surface area contributed by atoms with Gasteiger partial charge in [-0.3, -0.25) is 4.90 Å². The standard InChI is InChI=1S/C14H27N7/c1-20(2)14-18-12(17-13(16)19-14)9-21(3)11-7-5-4-6-10(11)8-15/h10-11H,4-9,15H2,1-3H3,(H2,16,17,18,19). The number of hydrogen-bond donors (Lipinski definition) is 2. The molecule has 1 saturated carbocycles. The second-order valence-corrected chi connectivity index (χ2v) is 6.07. The molecule has 1 aromatic rings. The van der Waals surface area contributed by atoms with Gasteiger partial charge >= 0.3 is 0 Å². The third-order valence-corrected chi connectivity index (χ3v) is 4.22. The summed E-state index contributed by atoms with van der Waals surface area (Å²) in [6.45, 7) is 1.42. The van der Waals surface area contributed by atoms with Crippen molar-refractivity contribution in [2.45, 2.75) is 38.3 Å². The summed E-state index contributed by atoms with van der Waals surface area (Å²) in [6.07, 6.45) is 4.97. The van der Waals surface area contributed by atoms with Crippen LogP contribution in [0.4, 0.5) is 11.9 Å². The van der Waals surface area contributed by atoms with Gasteiger partial charge in [-0.2, -0.15) is 15.0 Å². The lowest BCUT2D eigenvalue weighted by molar-refractivity contribution is 0.125. The van der Waals surface area contributed by atoms with Crippen molar-refractivity contribution in [3.63, 3.8) is 0 Å². The molecule has 0 saturated heterocycles. The van der Waals surface area contributed by atoms with Crippen LogP contribution in [0.5, 0.6) is 0 Å². The Bertz CT molecular complexity index is 463. The number of nitrogen functional groups attached to an aromatic ring is 1. The summed E-state index contributed by atoms with van der Waals surface area (Å²) in [7, 11) is 5.91. The van der Waals surface area contributed by atoms with E-state index < -0.39 is 0 Å².